The van der Waals surface area contributed by atoms with Crippen LogP contribution in [-0.4, -0.2) is 36.0 Å². The predicted octanol–water partition coefficient (Wildman–Crippen LogP) is 22.7. The van der Waals surface area contributed by atoms with Crippen LogP contribution in [-0.2, 0) is 0 Å². The van der Waals surface area contributed by atoms with Crippen molar-refractivity contribution in [3.8, 4) is 0 Å². The number of halogens is 3. The minimum atomic E-state index is -2.47. The number of hydrogen-bond acceptors (Lipinski definition) is 2. The molecule has 5 saturated carbocycles. The Labute approximate surface area is 454 Å². The van der Waals surface area contributed by atoms with Gasteiger partial charge < -0.3 is 10.2 Å². The number of aliphatic hydroxyl groups excluding tert-OH is 2. The van der Waals surface area contributed by atoms with Crippen LogP contribution in [0.2, 0.25) is 0 Å². The molecule has 0 spiro atoms. The van der Waals surface area contributed by atoms with Gasteiger partial charge in [-0.25, -0.2) is 8.78 Å². The van der Waals surface area contributed by atoms with E-state index in [1.807, 2.05) is 13.8 Å². The summed E-state index contributed by atoms with van der Waals surface area (Å²) in [5, 5.41) is 17.6. The average molecular weight is 1030 g/mol. The van der Waals surface area contributed by atoms with Crippen molar-refractivity contribution in [2.75, 3.05) is 19.9 Å². The zero-order valence-corrected chi connectivity index (χ0v) is 55.3. The molecule has 2 N–H and O–H groups in total. The van der Waals surface area contributed by atoms with Gasteiger partial charge in [0.2, 0.25) is 0 Å². The Morgan fingerprint density at radius 1 is 0.500 bits per heavy atom. The first kappa shape index (κ1) is 78.2. The Balaban J connectivity index is -0.000000362. The van der Waals surface area contributed by atoms with E-state index in [4.69, 9.17) is 10.2 Å². The summed E-state index contributed by atoms with van der Waals surface area (Å²) in [6.07, 6.45) is 17.3. The average Bonchev–Trinajstić information content (AvgIpc) is 4.03. The molecule has 440 valence electrons. The van der Waals surface area contributed by atoms with E-state index in [0.29, 0.717) is 58.9 Å². The predicted molar refractivity (Wildman–Crippen MR) is 320 cm³/mol. The van der Waals surface area contributed by atoms with Gasteiger partial charge >= 0.3 is 0 Å². The molecule has 0 atom stereocenters. The van der Waals surface area contributed by atoms with Crippen LogP contribution in [0.15, 0.2) is 0 Å². The number of hydrogen-bond donors (Lipinski definition) is 2. The summed E-state index contributed by atoms with van der Waals surface area (Å²) in [6, 6.07) is 0. The Hall–Kier alpha value is -0.290. The third kappa shape index (κ3) is 32.4. The van der Waals surface area contributed by atoms with E-state index in [0.717, 1.165) is 60.7 Å². The lowest BCUT2D eigenvalue weighted by atomic mass is 9.71. The maximum Gasteiger partial charge on any atom is 0.251 e. The van der Waals surface area contributed by atoms with Gasteiger partial charge in [0, 0.05) is 24.0 Å². The van der Waals surface area contributed by atoms with Crippen molar-refractivity contribution in [2.45, 2.75) is 310 Å². The molecular formula is C67H139F3O2. The Kier molecular flexibility index (Phi) is 36.8. The van der Waals surface area contributed by atoms with Crippen LogP contribution in [0.1, 0.15) is 305 Å². The van der Waals surface area contributed by atoms with E-state index in [2.05, 4.69) is 194 Å². The standard InChI is InChI=1S/C10H22.C8H14F2.C8H18.C7H13F.C7H14O.C7H16O.C7H14.C7H16.C6H12/c1-6-10(7-2,8-3)9(4)5;1-6(2)8(4-5-8)7(3,9)10;1-7(2)6-8(3,4)5;2*1-6(2)7(5-8)3-4-7;1-6(2)7(3,4)5-8;1-6(2)7(3)4-5-7;1-6(2)7(3,4)5;1-5(2)6-3-4-6/h9H,6-8H2,1-5H3;6H,4-5H2,1-3H3;7H,6H2,1-5H3;6H,3-5H2,1-2H3;6,8H,3-5H2,1-2H3;6,8H,5H2,1-4H3;6H,4-5H2,1-3H3;6H,1-5H3;5-6H,3-4H2,1-2H3. The van der Waals surface area contributed by atoms with Gasteiger partial charge in [0.15, 0.2) is 0 Å². The van der Waals surface area contributed by atoms with Gasteiger partial charge in [-0.05, 0) is 169 Å². The molecular weight excluding hydrogens is 894 g/mol. The summed E-state index contributed by atoms with van der Waals surface area (Å²) in [5.74, 6) is 4.89. The number of rotatable bonds is 15. The molecule has 0 bridgehead atoms. The van der Waals surface area contributed by atoms with Gasteiger partial charge in [0.25, 0.3) is 5.92 Å². The summed E-state index contributed by atoms with van der Waals surface area (Å²) in [6.45, 7) is 68.2. The van der Waals surface area contributed by atoms with E-state index >= 15 is 0 Å². The molecule has 0 aromatic carbocycles. The van der Waals surface area contributed by atoms with Gasteiger partial charge in [0.05, 0.1) is 6.67 Å². The summed E-state index contributed by atoms with van der Waals surface area (Å²) in [5.41, 5.74) is 2.32. The van der Waals surface area contributed by atoms with Crippen LogP contribution in [0, 0.1) is 102 Å². The topological polar surface area (TPSA) is 40.5 Å². The van der Waals surface area contributed by atoms with Crippen molar-refractivity contribution in [2.24, 2.45) is 102 Å². The highest BCUT2D eigenvalue weighted by Gasteiger charge is 2.60. The lowest BCUT2D eigenvalue weighted by molar-refractivity contribution is -0.0739. The third-order valence-corrected chi connectivity index (χ3v) is 19.6. The first-order chi connectivity index (χ1) is 32.3. The summed E-state index contributed by atoms with van der Waals surface area (Å²) in [4.78, 5) is 0. The van der Waals surface area contributed by atoms with Gasteiger partial charge in [-0.15, -0.1) is 0 Å². The van der Waals surface area contributed by atoms with Crippen LogP contribution in [0.5, 0.6) is 0 Å². The highest BCUT2D eigenvalue weighted by atomic mass is 19.3. The molecule has 0 saturated heterocycles. The molecule has 5 aliphatic rings. The fourth-order valence-electron chi connectivity index (χ4n) is 8.68. The Morgan fingerprint density at radius 2 is 0.861 bits per heavy atom. The largest absolute Gasteiger partial charge is 0.396 e. The van der Waals surface area contributed by atoms with Crippen LogP contribution in [0.4, 0.5) is 13.2 Å². The minimum absolute atomic E-state index is 0.0972. The molecule has 0 heterocycles. The zero-order valence-electron chi connectivity index (χ0n) is 55.3. The van der Waals surface area contributed by atoms with Gasteiger partial charge in [-0.3, -0.25) is 4.39 Å². The monoisotopic (exact) mass is 1030 g/mol. The molecule has 5 rings (SSSR count). The van der Waals surface area contributed by atoms with Crippen molar-refractivity contribution in [3.63, 3.8) is 0 Å². The van der Waals surface area contributed by atoms with Crippen LogP contribution >= 0.6 is 0 Å². The SMILES string of the molecule is CC(C)C(C)(C)C.CC(C)C(C)(C)CO.CC(C)C1(C(C)(F)F)CC1.CC(C)C1(C)CC1.CC(C)C1(CF)CC1.CC(C)C1(CO)CC1.CC(C)C1CC1.CC(C)CC(C)(C)C.CCC(CC)(CC)C(C)C. The third-order valence-electron chi connectivity index (χ3n) is 19.6. The highest BCUT2D eigenvalue weighted by molar-refractivity contribution is 5.03. The fourth-order valence-corrected chi connectivity index (χ4v) is 8.68. The van der Waals surface area contributed by atoms with E-state index in [1.165, 1.54) is 64.2 Å². The van der Waals surface area contributed by atoms with Gasteiger partial charge in [-0.2, -0.15) is 0 Å². The second kappa shape index (κ2) is 33.9. The molecule has 0 aliphatic heterocycles. The van der Waals surface area contributed by atoms with Crippen LogP contribution < -0.4 is 0 Å². The van der Waals surface area contributed by atoms with Crippen molar-refractivity contribution >= 4 is 0 Å². The van der Waals surface area contributed by atoms with Crippen molar-refractivity contribution in [1.82, 2.24) is 0 Å². The Morgan fingerprint density at radius 3 is 0.861 bits per heavy atom. The van der Waals surface area contributed by atoms with Crippen LogP contribution in [0.3, 0.4) is 0 Å². The summed E-state index contributed by atoms with van der Waals surface area (Å²) >= 11 is 0. The molecule has 0 amide bonds. The molecule has 2 nitrogen and oxygen atoms in total. The van der Waals surface area contributed by atoms with Gasteiger partial charge in [-0.1, -0.05) is 227 Å². The van der Waals surface area contributed by atoms with Crippen molar-refractivity contribution in [1.29, 1.82) is 0 Å². The minimum Gasteiger partial charge on any atom is -0.396 e. The first-order valence-corrected chi connectivity index (χ1v) is 30.4. The lowest BCUT2D eigenvalue weighted by Crippen LogP contribution is -2.30. The van der Waals surface area contributed by atoms with E-state index in [9.17, 15) is 13.2 Å². The quantitative estimate of drug-likeness (QED) is 0.172. The maximum atomic E-state index is 12.8. The van der Waals surface area contributed by atoms with E-state index < -0.39 is 11.3 Å². The maximum absolute atomic E-state index is 12.8. The number of alkyl halides is 3. The van der Waals surface area contributed by atoms with Crippen LogP contribution in [0.25, 0.3) is 0 Å². The molecule has 5 heteroatoms. The Bertz CT molecular complexity index is 1230. The van der Waals surface area contributed by atoms with Crippen molar-refractivity contribution < 1.29 is 23.4 Å². The summed E-state index contributed by atoms with van der Waals surface area (Å²) < 4.78 is 37.7. The molecule has 5 fully saturated rings. The molecule has 72 heavy (non-hydrogen) atoms. The number of aliphatic hydroxyl groups is 2. The highest BCUT2D eigenvalue weighted by Crippen LogP contribution is 2.61. The van der Waals surface area contributed by atoms with E-state index in [-0.39, 0.29) is 30.0 Å². The molecule has 0 aromatic heterocycles. The zero-order chi connectivity index (χ0) is 58.3. The lowest BCUT2D eigenvalue weighted by Gasteiger charge is -2.34. The van der Waals surface area contributed by atoms with Crippen molar-refractivity contribution in [3.05, 3.63) is 0 Å². The first-order valence-electron chi connectivity index (χ1n) is 30.4. The second-order valence-corrected chi connectivity index (χ2v) is 30.5. The molecule has 0 aromatic rings. The fraction of sp³-hybridized carbons (Fsp3) is 1.00. The molecule has 5 aliphatic carbocycles. The molecule has 0 radical (unpaired) electrons. The summed E-state index contributed by atoms with van der Waals surface area (Å²) in [7, 11) is 0. The smallest absolute Gasteiger partial charge is 0.251 e. The molecule has 0 unspecified atom stereocenters. The normalized spacial score (nSPS) is 18.8. The second-order valence-electron chi connectivity index (χ2n) is 30.5. The van der Waals surface area contributed by atoms with Gasteiger partial charge in [0.1, 0.15) is 0 Å². The van der Waals surface area contributed by atoms with E-state index in [1.54, 1.807) is 0 Å².